The average molecular weight is 321 g/mol. The molecule has 3 fully saturated rings. The zero-order valence-electron chi connectivity index (χ0n) is 13.6. The number of amides is 3. The molecular weight excluding hydrogens is 298 g/mol. The van der Waals surface area contributed by atoms with Crippen molar-refractivity contribution in [3.05, 3.63) is 6.33 Å². The number of fused-ring (bicyclic) bond motifs is 4. The van der Waals surface area contributed by atoms with Crippen LogP contribution in [0.4, 0.5) is 4.79 Å². The molecule has 0 aliphatic carbocycles. The zero-order chi connectivity index (χ0) is 16.4. The lowest BCUT2D eigenvalue weighted by Gasteiger charge is -2.36. The number of nitrogens with zero attached hydrogens (tertiary/aromatic N) is 7. The van der Waals surface area contributed by atoms with Gasteiger partial charge >= 0.3 is 6.03 Å². The maximum atomic E-state index is 12.6. The van der Waals surface area contributed by atoms with Crippen molar-refractivity contribution >= 4 is 11.9 Å². The molecule has 23 heavy (non-hydrogen) atoms. The minimum absolute atomic E-state index is 0.0323. The van der Waals surface area contributed by atoms with Crippen molar-refractivity contribution in [1.29, 1.82) is 0 Å². The van der Waals surface area contributed by atoms with Crippen LogP contribution in [0.2, 0.25) is 0 Å². The predicted octanol–water partition coefficient (Wildman–Crippen LogP) is -0.332. The van der Waals surface area contributed by atoms with Crippen LogP contribution in [0.25, 0.3) is 0 Å². The topological polar surface area (TPSA) is 87.5 Å². The Hall–Kier alpha value is -2.19. The Morgan fingerprint density at radius 2 is 2.04 bits per heavy atom. The highest BCUT2D eigenvalue weighted by Crippen LogP contribution is 2.28. The van der Waals surface area contributed by atoms with Gasteiger partial charge in [0.25, 0.3) is 0 Å². The summed E-state index contributed by atoms with van der Waals surface area (Å²) in [6, 6.07) is 0.156. The molecule has 0 saturated carbocycles. The lowest BCUT2D eigenvalue weighted by molar-refractivity contribution is -0.135. The van der Waals surface area contributed by atoms with Gasteiger partial charge in [0, 0.05) is 46.2 Å². The van der Waals surface area contributed by atoms with Crippen LogP contribution in [0.15, 0.2) is 6.33 Å². The summed E-state index contributed by atoms with van der Waals surface area (Å²) in [5.41, 5.74) is 0. The molecule has 2 bridgehead atoms. The first-order valence-electron chi connectivity index (χ1n) is 8.01. The first kappa shape index (κ1) is 15.7. The molecule has 0 aromatic carbocycles. The van der Waals surface area contributed by atoms with Crippen molar-refractivity contribution < 1.29 is 9.59 Å². The van der Waals surface area contributed by atoms with Gasteiger partial charge < -0.3 is 14.7 Å². The number of urea groups is 1. The number of piperidine rings is 1. The van der Waals surface area contributed by atoms with Gasteiger partial charge in [-0.1, -0.05) is 0 Å². The first-order chi connectivity index (χ1) is 11.0. The molecule has 3 saturated heterocycles. The van der Waals surface area contributed by atoms with E-state index < -0.39 is 0 Å². The van der Waals surface area contributed by atoms with Gasteiger partial charge in [0.05, 0.1) is 6.54 Å². The lowest BCUT2D eigenvalue weighted by Crippen LogP contribution is -2.48. The molecule has 1 aromatic heterocycles. The normalized spacial score (nSPS) is 23.7. The van der Waals surface area contributed by atoms with Gasteiger partial charge in [-0.3, -0.25) is 4.79 Å². The molecule has 9 nitrogen and oxygen atoms in total. The Morgan fingerprint density at radius 1 is 1.22 bits per heavy atom. The molecule has 1 aromatic rings. The smallest absolute Gasteiger partial charge is 0.319 e. The van der Waals surface area contributed by atoms with E-state index in [0.717, 1.165) is 25.9 Å². The van der Waals surface area contributed by atoms with Crippen LogP contribution in [-0.2, 0) is 11.3 Å². The zero-order valence-corrected chi connectivity index (χ0v) is 13.6. The highest BCUT2D eigenvalue weighted by Gasteiger charge is 2.38. The van der Waals surface area contributed by atoms with Crippen LogP contribution in [-0.4, -0.2) is 86.6 Å². The molecule has 0 spiro atoms. The maximum Gasteiger partial charge on any atom is 0.319 e. The van der Waals surface area contributed by atoms with E-state index in [4.69, 9.17) is 0 Å². The van der Waals surface area contributed by atoms with E-state index in [1.54, 1.807) is 23.7 Å². The summed E-state index contributed by atoms with van der Waals surface area (Å²) in [6.07, 6.45) is 3.95. The van der Waals surface area contributed by atoms with E-state index in [2.05, 4.69) is 15.5 Å². The molecule has 126 valence electrons. The summed E-state index contributed by atoms with van der Waals surface area (Å²) in [5, 5.41) is 10.9. The molecule has 9 heteroatoms. The maximum absolute atomic E-state index is 12.6. The quantitative estimate of drug-likeness (QED) is 0.760. The first-order valence-corrected chi connectivity index (χ1v) is 8.01. The van der Waals surface area contributed by atoms with Gasteiger partial charge in [-0.05, 0) is 29.2 Å². The number of carbonyl (C=O) groups excluding carboxylic acids is 2. The van der Waals surface area contributed by atoms with Crippen molar-refractivity contribution in [2.24, 2.45) is 5.92 Å². The second-order valence-electron chi connectivity index (χ2n) is 6.55. The highest BCUT2D eigenvalue weighted by molar-refractivity contribution is 5.77. The fourth-order valence-corrected chi connectivity index (χ4v) is 3.46. The Morgan fingerprint density at radius 3 is 2.74 bits per heavy atom. The number of hydrogen-bond donors (Lipinski definition) is 0. The van der Waals surface area contributed by atoms with Crippen LogP contribution in [0.5, 0.6) is 0 Å². The fourth-order valence-electron chi connectivity index (χ4n) is 3.46. The number of aromatic nitrogens is 4. The highest BCUT2D eigenvalue weighted by atomic mass is 16.2. The average Bonchev–Trinajstić information content (AvgIpc) is 2.89. The molecule has 0 unspecified atom stereocenters. The largest absolute Gasteiger partial charge is 0.338 e. The Bertz CT molecular complexity index is 559. The van der Waals surface area contributed by atoms with Crippen LogP contribution < -0.4 is 0 Å². The van der Waals surface area contributed by atoms with Gasteiger partial charge in [-0.15, -0.1) is 5.10 Å². The van der Waals surface area contributed by atoms with Crippen molar-refractivity contribution in [1.82, 2.24) is 34.9 Å². The minimum atomic E-state index is 0.0323. The Balaban J connectivity index is 1.63. The van der Waals surface area contributed by atoms with Crippen molar-refractivity contribution in [2.75, 3.05) is 33.7 Å². The second-order valence-corrected chi connectivity index (χ2v) is 6.55. The summed E-state index contributed by atoms with van der Waals surface area (Å²) in [5.74, 6) is 0.490. The van der Waals surface area contributed by atoms with Crippen LogP contribution in [0.3, 0.4) is 0 Å². The van der Waals surface area contributed by atoms with E-state index in [1.165, 1.54) is 6.33 Å². The van der Waals surface area contributed by atoms with Crippen molar-refractivity contribution in [3.63, 3.8) is 0 Å². The summed E-state index contributed by atoms with van der Waals surface area (Å²) >= 11 is 0. The third-order valence-electron chi connectivity index (χ3n) is 4.63. The summed E-state index contributed by atoms with van der Waals surface area (Å²) in [6.45, 7) is 2.60. The Labute approximate surface area is 135 Å². The molecule has 0 radical (unpaired) electrons. The van der Waals surface area contributed by atoms with E-state index >= 15 is 0 Å². The third-order valence-corrected chi connectivity index (χ3v) is 4.63. The number of tetrazole rings is 1. The third kappa shape index (κ3) is 3.43. The molecule has 4 heterocycles. The van der Waals surface area contributed by atoms with Crippen molar-refractivity contribution in [3.8, 4) is 0 Å². The van der Waals surface area contributed by atoms with Crippen LogP contribution in [0.1, 0.15) is 19.3 Å². The standard InChI is InChI=1S/C14H23N7O2/c1-18(2)14(23)19-7-11-3-4-12(9-19)21(8-11)13(22)5-6-20-10-15-16-17-20/h10-12H,3-9H2,1-2H3/t11-,12+/m0/s1. The van der Waals surface area contributed by atoms with Gasteiger partial charge in [0.1, 0.15) is 6.33 Å². The lowest BCUT2D eigenvalue weighted by atomic mass is 9.95. The molecule has 3 aliphatic heterocycles. The van der Waals surface area contributed by atoms with Crippen molar-refractivity contribution in [2.45, 2.75) is 31.8 Å². The van der Waals surface area contributed by atoms with E-state index in [9.17, 15) is 9.59 Å². The number of aryl methyl sites for hydroxylation is 1. The molecule has 3 amide bonds. The second kappa shape index (κ2) is 6.51. The van der Waals surface area contributed by atoms with Gasteiger partial charge in [0.2, 0.25) is 5.91 Å². The predicted molar refractivity (Wildman–Crippen MR) is 81.3 cm³/mol. The molecule has 0 N–H and O–H groups in total. The van der Waals surface area contributed by atoms with Gasteiger partial charge in [-0.25, -0.2) is 9.48 Å². The fraction of sp³-hybridized carbons (Fsp3) is 0.786. The van der Waals surface area contributed by atoms with Crippen LogP contribution >= 0.6 is 0 Å². The molecular formula is C14H23N7O2. The summed E-state index contributed by atoms with van der Waals surface area (Å²) in [4.78, 5) is 30.3. The van der Waals surface area contributed by atoms with Gasteiger partial charge in [0.15, 0.2) is 0 Å². The summed E-state index contributed by atoms with van der Waals surface area (Å²) in [7, 11) is 3.54. The molecule has 3 aliphatic rings. The number of hydrogen-bond acceptors (Lipinski definition) is 5. The Kier molecular flexibility index (Phi) is 4.44. The van der Waals surface area contributed by atoms with Crippen LogP contribution in [0, 0.1) is 5.92 Å². The van der Waals surface area contributed by atoms with E-state index in [1.807, 2.05) is 9.80 Å². The molecule has 4 rings (SSSR count). The number of rotatable bonds is 3. The monoisotopic (exact) mass is 321 g/mol. The minimum Gasteiger partial charge on any atom is -0.338 e. The van der Waals surface area contributed by atoms with E-state index in [-0.39, 0.29) is 18.0 Å². The van der Waals surface area contributed by atoms with Gasteiger partial charge in [-0.2, -0.15) is 0 Å². The molecule has 2 atom stereocenters. The number of carbonyl (C=O) groups is 2. The van der Waals surface area contributed by atoms with E-state index in [0.29, 0.717) is 25.4 Å². The SMILES string of the molecule is CN(C)C(=O)N1C[C@@H]2CC[C@H](C1)N(C(=O)CCn1cnnn1)C2. The summed E-state index contributed by atoms with van der Waals surface area (Å²) < 4.78 is 1.57.